The number of rotatable bonds is 9. The van der Waals surface area contributed by atoms with Crippen molar-refractivity contribution in [1.29, 1.82) is 0 Å². The monoisotopic (exact) mass is 363 g/mol. The zero-order valence-corrected chi connectivity index (χ0v) is 16.3. The van der Waals surface area contributed by atoms with Gasteiger partial charge in [0.1, 0.15) is 18.5 Å². The number of carbonyl (C=O) groups excluding carboxylic acids is 1. The summed E-state index contributed by atoms with van der Waals surface area (Å²) in [5.74, 6) is 0.881. The van der Waals surface area contributed by atoms with Crippen LogP contribution < -0.4 is 10.1 Å². The molecule has 6 nitrogen and oxygen atoms in total. The predicted octanol–water partition coefficient (Wildman–Crippen LogP) is 1.27. The molecule has 0 bridgehead atoms. The molecule has 2 atom stereocenters. The van der Waals surface area contributed by atoms with E-state index in [1.807, 2.05) is 38.1 Å². The van der Waals surface area contributed by atoms with Crippen molar-refractivity contribution in [3.05, 3.63) is 29.8 Å². The highest BCUT2D eigenvalue weighted by atomic mass is 16.5. The lowest BCUT2D eigenvalue weighted by molar-refractivity contribution is -0.123. The molecule has 0 radical (unpaired) electrons. The quantitative estimate of drug-likeness (QED) is 0.692. The van der Waals surface area contributed by atoms with E-state index < -0.39 is 6.10 Å². The molecule has 0 aliphatic carbocycles. The van der Waals surface area contributed by atoms with E-state index in [2.05, 4.69) is 22.0 Å². The number of β-amino-alcohol motifs (C(OH)–C–C–N with tert-alkyl or cyclic N) is 1. The van der Waals surface area contributed by atoms with Gasteiger partial charge >= 0.3 is 0 Å². The van der Waals surface area contributed by atoms with Crippen LogP contribution >= 0.6 is 0 Å². The van der Waals surface area contributed by atoms with Crippen molar-refractivity contribution in [2.45, 2.75) is 39.3 Å². The smallest absolute Gasteiger partial charge is 0.234 e. The highest BCUT2D eigenvalue weighted by Crippen LogP contribution is 2.12. The number of amides is 1. The lowest BCUT2D eigenvalue weighted by atomic mass is 10.2. The maximum absolute atomic E-state index is 12.0. The lowest BCUT2D eigenvalue weighted by Crippen LogP contribution is -2.51. The van der Waals surface area contributed by atoms with Gasteiger partial charge in [0.15, 0.2) is 0 Å². The third kappa shape index (κ3) is 7.32. The summed E-state index contributed by atoms with van der Waals surface area (Å²) in [6, 6.07) is 8.07. The number of carbonyl (C=O) groups is 1. The van der Waals surface area contributed by atoms with Crippen LogP contribution in [0.1, 0.15) is 25.8 Å². The van der Waals surface area contributed by atoms with E-state index in [1.54, 1.807) is 0 Å². The van der Waals surface area contributed by atoms with E-state index in [0.717, 1.165) is 38.3 Å². The van der Waals surface area contributed by atoms with Gasteiger partial charge in [0.2, 0.25) is 5.91 Å². The number of hydrogen-bond donors (Lipinski definition) is 2. The van der Waals surface area contributed by atoms with Crippen LogP contribution in [0.25, 0.3) is 0 Å². The zero-order valence-electron chi connectivity index (χ0n) is 16.3. The lowest BCUT2D eigenvalue weighted by Gasteiger charge is -2.35. The largest absolute Gasteiger partial charge is 0.491 e. The molecule has 0 aromatic heterocycles. The number of aliphatic hydroxyl groups excluding tert-OH is 1. The van der Waals surface area contributed by atoms with Crippen LogP contribution in [0, 0.1) is 6.92 Å². The summed E-state index contributed by atoms with van der Waals surface area (Å²) in [6.07, 6.45) is 0.429. The van der Waals surface area contributed by atoms with Gasteiger partial charge in [-0.2, -0.15) is 0 Å². The molecule has 2 N–H and O–H groups in total. The fraction of sp³-hybridized carbons (Fsp3) is 0.650. The van der Waals surface area contributed by atoms with Gasteiger partial charge in [0, 0.05) is 38.8 Å². The fourth-order valence-corrected chi connectivity index (χ4v) is 2.93. The molecule has 2 rings (SSSR count). The summed E-state index contributed by atoms with van der Waals surface area (Å²) >= 11 is 0. The van der Waals surface area contributed by atoms with E-state index in [1.165, 1.54) is 5.56 Å². The minimum absolute atomic E-state index is 0.0966. The molecule has 1 heterocycles. The van der Waals surface area contributed by atoms with Gasteiger partial charge in [-0.15, -0.1) is 0 Å². The minimum atomic E-state index is -0.517. The van der Waals surface area contributed by atoms with Crippen LogP contribution in [-0.4, -0.2) is 78.8 Å². The van der Waals surface area contributed by atoms with Crippen molar-refractivity contribution in [3.8, 4) is 5.75 Å². The van der Waals surface area contributed by atoms with Crippen molar-refractivity contribution in [3.63, 3.8) is 0 Å². The van der Waals surface area contributed by atoms with Gasteiger partial charge in [-0.3, -0.25) is 14.6 Å². The molecule has 2 unspecified atom stereocenters. The molecule has 1 aromatic rings. The molecular formula is C20H33N3O3. The second-order valence-electron chi connectivity index (χ2n) is 7.23. The van der Waals surface area contributed by atoms with Gasteiger partial charge < -0.3 is 15.2 Å². The Labute approximate surface area is 157 Å². The highest BCUT2D eigenvalue weighted by molar-refractivity contribution is 5.78. The normalized spacial score (nSPS) is 18.3. The van der Waals surface area contributed by atoms with Crippen molar-refractivity contribution >= 4 is 5.91 Å². The van der Waals surface area contributed by atoms with Gasteiger partial charge in [0.05, 0.1) is 6.54 Å². The topological polar surface area (TPSA) is 65.0 Å². The number of aryl methyl sites for hydroxylation is 1. The Morgan fingerprint density at radius 2 is 1.81 bits per heavy atom. The van der Waals surface area contributed by atoms with Crippen LogP contribution in [0.2, 0.25) is 0 Å². The van der Waals surface area contributed by atoms with Gasteiger partial charge in [0.25, 0.3) is 0 Å². The van der Waals surface area contributed by atoms with Crippen molar-refractivity contribution in [1.82, 2.24) is 15.1 Å². The second-order valence-corrected chi connectivity index (χ2v) is 7.23. The molecule has 146 valence electrons. The highest BCUT2D eigenvalue weighted by Gasteiger charge is 2.21. The van der Waals surface area contributed by atoms with E-state index in [4.69, 9.17) is 4.74 Å². The maximum atomic E-state index is 12.0. The first-order valence-corrected chi connectivity index (χ1v) is 9.58. The molecule has 1 aromatic carbocycles. The maximum Gasteiger partial charge on any atom is 0.234 e. The molecule has 1 fully saturated rings. The molecule has 1 aliphatic rings. The second kappa shape index (κ2) is 10.5. The minimum Gasteiger partial charge on any atom is -0.491 e. The van der Waals surface area contributed by atoms with Crippen molar-refractivity contribution in [2.75, 3.05) is 45.9 Å². The van der Waals surface area contributed by atoms with Crippen molar-refractivity contribution in [2.24, 2.45) is 0 Å². The van der Waals surface area contributed by atoms with E-state index in [-0.39, 0.29) is 11.9 Å². The number of hydrogen-bond acceptors (Lipinski definition) is 5. The first-order chi connectivity index (χ1) is 12.5. The SMILES string of the molecule is CCC(C)NC(=O)CN1CCN(CC(O)COc2ccc(C)cc2)CC1. The van der Waals surface area contributed by atoms with Crippen LogP contribution in [0.3, 0.4) is 0 Å². The van der Waals surface area contributed by atoms with E-state index in [0.29, 0.717) is 19.7 Å². The average molecular weight is 364 g/mol. The summed E-state index contributed by atoms with van der Waals surface area (Å²) in [4.78, 5) is 16.4. The number of piperazine rings is 1. The molecule has 1 aliphatic heterocycles. The summed E-state index contributed by atoms with van der Waals surface area (Å²) in [6.45, 7) is 10.9. The standard InChI is InChI=1S/C20H33N3O3/c1-4-17(3)21-20(25)14-23-11-9-22(10-12-23)13-18(24)15-26-19-7-5-16(2)6-8-19/h5-8,17-18,24H,4,9-15H2,1-3H3,(H,21,25). The first kappa shape index (κ1) is 20.7. The summed E-state index contributed by atoms with van der Waals surface area (Å²) in [7, 11) is 0. The zero-order chi connectivity index (χ0) is 18.9. The van der Waals surface area contributed by atoms with Gasteiger partial charge in [-0.25, -0.2) is 0 Å². The Morgan fingerprint density at radius 3 is 2.42 bits per heavy atom. The third-order valence-electron chi connectivity index (χ3n) is 4.78. The summed E-state index contributed by atoms with van der Waals surface area (Å²) < 4.78 is 5.65. The Kier molecular flexibility index (Phi) is 8.35. The molecule has 1 amide bonds. The number of ether oxygens (including phenoxy) is 1. The van der Waals surface area contributed by atoms with Crippen LogP contribution in [0.15, 0.2) is 24.3 Å². The van der Waals surface area contributed by atoms with Crippen LogP contribution in [-0.2, 0) is 4.79 Å². The van der Waals surface area contributed by atoms with E-state index >= 15 is 0 Å². The molecular weight excluding hydrogens is 330 g/mol. The van der Waals surface area contributed by atoms with Crippen LogP contribution in [0.5, 0.6) is 5.75 Å². The Bertz CT molecular complexity index is 542. The Morgan fingerprint density at radius 1 is 1.19 bits per heavy atom. The van der Waals surface area contributed by atoms with Gasteiger partial charge in [-0.05, 0) is 32.4 Å². The Hall–Kier alpha value is -1.63. The molecule has 6 heteroatoms. The van der Waals surface area contributed by atoms with Crippen molar-refractivity contribution < 1.29 is 14.6 Å². The molecule has 1 saturated heterocycles. The fourth-order valence-electron chi connectivity index (χ4n) is 2.93. The summed E-state index contributed by atoms with van der Waals surface area (Å²) in [5, 5.41) is 13.2. The summed E-state index contributed by atoms with van der Waals surface area (Å²) in [5.41, 5.74) is 1.19. The number of nitrogens with one attached hydrogen (secondary N) is 1. The number of nitrogens with zero attached hydrogens (tertiary/aromatic N) is 2. The average Bonchev–Trinajstić information content (AvgIpc) is 2.62. The molecule has 26 heavy (non-hydrogen) atoms. The van der Waals surface area contributed by atoms with Gasteiger partial charge in [-0.1, -0.05) is 24.6 Å². The molecule has 0 saturated carbocycles. The first-order valence-electron chi connectivity index (χ1n) is 9.58. The predicted molar refractivity (Wildman–Crippen MR) is 103 cm³/mol. The number of benzene rings is 1. The van der Waals surface area contributed by atoms with Crippen LogP contribution in [0.4, 0.5) is 0 Å². The van der Waals surface area contributed by atoms with E-state index in [9.17, 15) is 9.90 Å². The number of aliphatic hydroxyl groups is 1. The molecule has 0 spiro atoms. The third-order valence-corrected chi connectivity index (χ3v) is 4.78. The Balaban J connectivity index is 1.63.